The van der Waals surface area contributed by atoms with Crippen molar-refractivity contribution in [3.05, 3.63) is 22.9 Å². The standard InChI is InChI=1S/C15H23N3/c1-18(10-11-6-7-11)15-13(9-16)8-12-4-2-3-5-14(12)17-15/h8,11H,2-7,9-10,16H2,1H3. The minimum absolute atomic E-state index is 0.602. The monoisotopic (exact) mass is 245 g/mol. The Labute approximate surface area is 109 Å². The summed E-state index contributed by atoms with van der Waals surface area (Å²) in [6, 6.07) is 2.31. The molecule has 0 saturated heterocycles. The minimum atomic E-state index is 0.602. The van der Waals surface area contributed by atoms with E-state index in [2.05, 4.69) is 18.0 Å². The average molecular weight is 245 g/mol. The number of aryl methyl sites for hydroxylation is 2. The Morgan fingerprint density at radius 2 is 2.11 bits per heavy atom. The molecule has 1 heterocycles. The maximum absolute atomic E-state index is 5.90. The van der Waals surface area contributed by atoms with Gasteiger partial charge in [0.25, 0.3) is 0 Å². The first-order valence-electron chi connectivity index (χ1n) is 7.21. The zero-order valence-corrected chi connectivity index (χ0v) is 11.3. The van der Waals surface area contributed by atoms with Crippen LogP contribution >= 0.6 is 0 Å². The lowest BCUT2D eigenvalue weighted by Gasteiger charge is -2.24. The van der Waals surface area contributed by atoms with Crippen LogP contribution in [0.3, 0.4) is 0 Å². The van der Waals surface area contributed by atoms with Crippen LogP contribution in [0.5, 0.6) is 0 Å². The van der Waals surface area contributed by atoms with Crippen molar-refractivity contribution in [2.45, 2.75) is 45.1 Å². The third-order valence-corrected chi connectivity index (χ3v) is 4.17. The van der Waals surface area contributed by atoms with E-state index in [-0.39, 0.29) is 0 Å². The molecule has 0 atom stereocenters. The predicted molar refractivity (Wildman–Crippen MR) is 74.8 cm³/mol. The smallest absolute Gasteiger partial charge is 0.133 e. The lowest BCUT2D eigenvalue weighted by atomic mass is 9.94. The maximum Gasteiger partial charge on any atom is 0.133 e. The van der Waals surface area contributed by atoms with Crippen molar-refractivity contribution in [1.82, 2.24) is 4.98 Å². The van der Waals surface area contributed by atoms with E-state index in [9.17, 15) is 0 Å². The first-order valence-corrected chi connectivity index (χ1v) is 7.21. The number of hydrogen-bond donors (Lipinski definition) is 1. The summed E-state index contributed by atoms with van der Waals surface area (Å²) in [6.07, 6.45) is 7.68. The number of fused-ring (bicyclic) bond motifs is 1. The third kappa shape index (κ3) is 2.37. The highest BCUT2D eigenvalue weighted by atomic mass is 15.2. The van der Waals surface area contributed by atoms with Crippen molar-refractivity contribution in [3.8, 4) is 0 Å². The van der Waals surface area contributed by atoms with Crippen LogP contribution in [-0.2, 0) is 19.4 Å². The van der Waals surface area contributed by atoms with Crippen molar-refractivity contribution in [1.29, 1.82) is 0 Å². The van der Waals surface area contributed by atoms with Gasteiger partial charge in [0.1, 0.15) is 5.82 Å². The molecule has 3 heteroatoms. The molecule has 0 spiro atoms. The molecule has 3 rings (SSSR count). The van der Waals surface area contributed by atoms with Gasteiger partial charge in [-0.05, 0) is 56.1 Å². The van der Waals surface area contributed by atoms with Gasteiger partial charge in [-0.1, -0.05) is 0 Å². The van der Waals surface area contributed by atoms with E-state index >= 15 is 0 Å². The molecule has 1 fully saturated rings. The van der Waals surface area contributed by atoms with Gasteiger partial charge in [-0.15, -0.1) is 0 Å². The van der Waals surface area contributed by atoms with Crippen LogP contribution in [0, 0.1) is 5.92 Å². The van der Waals surface area contributed by atoms with Crippen LogP contribution in [-0.4, -0.2) is 18.6 Å². The molecule has 0 aromatic carbocycles. The maximum atomic E-state index is 5.90. The van der Waals surface area contributed by atoms with Gasteiger partial charge >= 0.3 is 0 Å². The van der Waals surface area contributed by atoms with Crippen LogP contribution in [0.25, 0.3) is 0 Å². The second kappa shape index (κ2) is 4.88. The lowest BCUT2D eigenvalue weighted by molar-refractivity contribution is 0.661. The highest BCUT2D eigenvalue weighted by Crippen LogP contribution is 2.32. The van der Waals surface area contributed by atoms with Gasteiger partial charge in [0.15, 0.2) is 0 Å². The van der Waals surface area contributed by atoms with Crippen molar-refractivity contribution >= 4 is 5.82 Å². The Morgan fingerprint density at radius 1 is 1.33 bits per heavy atom. The molecule has 0 radical (unpaired) electrons. The number of hydrogen-bond acceptors (Lipinski definition) is 3. The summed E-state index contributed by atoms with van der Waals surface area (Å²) >= 11 is 0. The number of aromatic nitrogens is 1. The molecule has 18 heavy (non-hydrogen) atoms. The van der Waals surface area contributed by atoms with E-state index in [1.807, 2.05) is 0 Å². The Kier molecular flexibility index (Phi) is 3.25. The van der Waals surface area contributed by atoms with Gasteiger partial charge in [0, 0.05) is 31.4 Å². The van der Waals surface area contributed by atoms with Gasteiger partial charge in [0.05, 0.1) is 0 Å². The van der Waals surface area contributed by atoms with Crippen LogP contribution in [0.2, 0.25) is 0 Å². The number of anilines is 1. The van der Waals surface area contributed by atoms with Crippen LogP contribution < -0.4 is 10.6 Å². The number of pyridine rings is 1. The molecule has 0 aliphatic heterocycles. The summed E-state index contributed by atoms with van der Waals surface area (Å²) in [5.74, 6) is 2.02. The second-order valence-corrected chi connectivity index (χ2v) is 5.81. The molecule has 0 bridgehead atoms. The summed E-state index contributed by atoms with van der Waals surface area (Å²) in [5.41, 5.74) is 9.87. The first kappa shape index (κ1) is 12.0. The molecule has 2 aliphatic carbocycles. The van der Waals surface area contributed by atoms with Crippen molar-refractivity contribution in [3.63, 3.8) is 0 Å². The van der Waals surface area contributed by atoms with E-state index in [1.54, 1.807) is 0 Å². The van der Waals surface area contributed by atoms with E-state index in [0.717, 1.165) is 24.7 Å². The molecule has 1 saturated carbocycles. The van der Waals surface area contributed by atoms with Gasteiger partial charge < -0.3 is 10.6 Å². The zero-order valence-electron chi connectivity index (χ0n) is 11.3. The molecular weight excluding hydrogens is 222 g/mol. The third-order valence-electron chi connectivity index (χ3n) is 4.17. The first-order chi connectivity index (χ1) is 8.78. The Bertz CT molecular complexity index is 438. The molecule has 98 valence electrons. The molecule has 0 amide bonds. The summed E-state index contributed by atoms with van der Waals surface area (Å²) in [7, 11) is 2.16. The fourth-order valence-corrected chi connectivity index (χ4v) is 2.93. The van der Waals surface area contributed by atoms with Crippen molar-refractivity contribution < 1.29 is 0 Å². The Morgan fingerprint density at radius 3 is 2.83 bits per heavy atom. The van der Waals surface area contributed by atoms with E-state index < -0.39 is 0 Å². The molecule has 2 N–H and O–H groups in total. The van der Waals surface area contributed by atoms with Gasteiger partial charge in [-0.3, -0.25) is 0 Å². The molecule has 1 aromatic heterocycles. The lowest BCUT2D eigenvalue weighted by Crippen LogP contribution is -2.24. The van der Waals surface area contributed by atoms with Gasteiger partial charge in [-0.2, -0.15) is 0 Å². The van der Waals surface area contributed by atoms with Crippen molar-refractivity contribution in [2.75, 3.05) is 18.5 Å². The van der Waals surface area contributed by atoms with Crippen molar-refractivity contribution in [2.24, 2.45) is 11.7 Å². The van der Waals surface area contributed by atoms with Crippen LogP contribution in [0.4, 0.5) is 5.82 Å². The minimum Gasteiger partial charge on any atom is -0.359 e. The summed E-state index contributed by atoms with van der Waals surface area (Å²) in [4.78, 5) is 7.22. The molecule has 2 aliphatic rings. The molecular formula is C15H23N3. The summed E-state index contributed by atoms with van der Waals surface area (Å²) < 4.78 is 0. The normalized spacial score (nSPS) is 18.6. The quantitative estimate of drug-likeness (QED) is 0.885. The molecule has 1 aromatic rings. The Balaban J connectivity index is 1.90. The molecule has 3 nitrogen and oxygen atoms in total. The van der Waals surface area contributed by atoms with E-state index in [0.29, 0.717) is 6.54 Å². The predicted octanol–water partition coefficient (Wildman–Crippen LogP) is 2.27. The number of nitrogens with zero attached hydrogens (tertiary/aromatic N) is 2. The highest BCUT2D eigenvalue weighted by Gasteiger charge is 2.25. The fraction of sp³-hybridized carbons (Fsp3) is 0.667. The topological polar surface area (TPSA) is 42.2 Å². The Hall–Kier alpha value is -1.09. The fourth-order valence-electron chi connectivity index (χ4n) is 2.93. The van der Waals surface area contributed by atoms with Crippen LogP contribution in [0.1, 0.15) is 42.5 Å². The number of nitrogens with two attached hydrogens (primary N) is 1. The summed E-state index contributed by atoms with van der Waals surface area (Å²) in [6.45, 7) is 1.74. The van der Waals surface area contributed by atoms with Crippen LogP contribution in [0.15, 0.2) is 6.07 Å². The van der Waals surface area contributed by atoms with Gasteiger partial charge in [0.2, 0.25) is 0 Å². The zero-order chi connectivity index (χ0) is 12.5. The second-order valence-electron chi connectivity index (χ2n) is 5.81. The summed E-state index contributed by atoms with van der Waals surface area (Å²) in [5, 5.41) is 0. The average Bonchev–Trinajstić information content (AvgIpc) is 3.21. The largest absolute Gasteiger partial charge is 0.359 e. The SMILES string of the molecule is CN(CC1CC1)c1nc2c(cc1CN)CCCC2. The molecule has 0 unspecified atom stereocenters. The van der Waals surface area contributed by atoms with E-state index in [1.165, 1.54) is 48.9 Å². The van der Waals surface area contributed by atoms with Gasteiger partial charge in [-0.25, -0.2) is 4.98 Å². The highest BCUT2D eigenvalue weighted by molar-refractivity contribution is 5.50. The van der Waals surface area contributed by atoms with E-state index in [4.69, 9.17) is 10.7 Å². The number of rotatable bonds is 4.